The standard InChI is InChI=1S/C9H19NO2Si/c1-5-13(3,4)7-12-9(11)6-8(2)10/h6H,5,7,10H2,1-4H3/b8-6-. The van der Waals surface area contributed by atoms with E-state index in [1.165, 1.54) is 6.08 Å². The highest BCUT2D eigenvalue weighted by molar-refractivity contribution is 6.77. The van der Waals surface area contributed by atoms with Crippen LogP contribution in [0.3, 0.4) is 0 Å². The molecule has 76 valence electrons. The number of hydrogen-bond donors (Lipinski definition) is 1. The van der Waals surface area contributed by atoms with Gasteiger partial charge in [0.25, 0.3) is 0 Å². The lowest BCUT2D eigenvalue weighted by molar-refractivity contribution is -0.136. The van der Waals surface area contributed by atoms with Gasteiger partial charge in [0.15, 0.2) is 0 Å². The molecule has 0 heterocycles. The number of allylic oxidation sites excluding steroid dienone is 1. The van der Waals surface area contributed by atoms with Crippen LogP contribution in [-0.4, -0.2) is 20.3 Å². The van der Waals surface area contributed by atoms with Gasteiger partial charge < -0.3 is 10.5 Å². The minimum Gasteiger partial charge on any atom is -0.466 e. The van der Waals surface area contributed by atoms with Crippen molar-refractivity contribution in [3.63, 3.8) is 0 Å². The fraction of sp³-hybridized carbons (Fsp3) is 0.667. The second-order valence-electron chi connectivity index (χ2n) is 4.01. The average Bonchev–Trinajstić information content (AvgIpc) is 2.00. The first kappa shape index (κ1) is 12.2. The number of ether oxygens (including phenoxy) is 1. The van der Waals surface area contributed by atoms with Crippen LogP contribution < -0.4 is 5.73 Å². The first-order valence-electron chi connectivity index (χ1n) is 4.48. The molecule has 0 amide bonds. The Labute approximate surface area is 81.0 Å². The zero-order chi connectivity index (χ0) is 10.5. The molecule has 0 aliphatic heterocycles. The second-order valence-corrected chi connectivity index (χ2v) is 9.34. The van der Waals surface area contributed by atoms with E-state index in [0.29, 0.717) is 11.9 Å². The van der Waals surface area contributed by atoms with Crippen molar-refractivity contribution in [2.75, 3.05) is 6.23 Å². The Morgan fingerprint density at radius 2 is 2.08 bits per heavy atom. The number of carbonyl (C=O) groups excluding carboxylic acids is 1. The van der Waals surface area contributed by atoms with Gasteiger partial charge in [-0.1, -0.05) is 26.1 Å². The SMILES string of the molecule is CC[Si](C)(C)COC(=O)/C=C(/C)N. The molecule has 0 atom stereocenters. The molecule has 0 spiro atoms. The Hall–Kier alpha value is -0.773. The Bertz CT molecular complexity index is 208. The zero-order valence-corrected chi connectivity index (χ0v) is 9.89. The molecule has 2 N–H and O–H groups in total. The fourth-order valence-electron chi connectivity index (χ4n) is 0.596. The molecule has 0 saturated carbocycles. The summed E-state index contributed by atoms with van der Waals surface area (Å²) in [4.78, 5) is 11.1. The van der Waals surface area contributed by atoms with Gasteiger partial charge in [0, 0.05) is 11.8 Å². The molecule has 0 aromatic rings. The van der Waals surface area contributed by atoms with Crippen LogP contribution in [-0.2, 0) is 9.53 Å². The molecule has 0 bridgehead atoms. The van der Waals surface area contributed by atoms with Gasteiger partial charge in [-0.2, -0.15) is 0 Å². The van der Waals surface area contributed by atoms with Crippen molar-refractivity contribution in [2.45, 2.75) is 33.0 Å². The second kappa shape index (κ2) is 5.06. The van der Waals surface area contributed by atoms with E-state index in [9.17, 15) is 4.79 Å². The van der Waals surface area contributed by atoms with E-state index in [1.54, 1.807) is 6.92 Å². The molecule has 0 radical (unpaired) electrons. The van der Waals surface area contributed by atoms with Gasteiger partial charge in [-0.25, -0.2) is 4.79 Å². The van der Waals surface area contributed by atoms with Crippen LogP contribution in [0.4, 0.5) is 0 Å². The van der Waals surface area contributed by atoms with Gasteiger partial charge in [-0.3, -0.25) is 0 Å². The summed E-state index contributed by atoms with van der Waals surface area (Å²) < 4.78 is 5.07. The van der Waals surface area contributed by atoms with Crippen LogP contribution >= 0.6 is 0 Å². The van der Waals surface area contributed by atoms with E-state index >= 15 is 0 Å². The third kappa shape index (κ3) is 6.39. The molecule has 0 saturated heterocycles. The van der Waals surface area contributed by atoms with Crippen LogP contribution in [0.1, 0.15) is 13.8 Å². The van der Waals surface area contributed by atoms with Crippen molar-refractivity contribution in [2.24, 2.45) is 5.73 Å². The fourth-order valence-corrected chi connectivity index (χ4v) is 1.33. The number of hydrogen-bond acceptors (Lipinski definition) is 3. The summed E-state index contributed by atoms with van der Waals surface area (Å²) in [6, 6.07) is 1.12. The summed E-state index contributed by atoms with van der Waals surface area (Å²) in [7, 11) is -1.30. The first-order chi connectivity index (χ1) is 5.87. The number of rotatable bonds is 4. The summed E-state index contributed by atoms with van der Waals surface area (Å²) in [6.45, 7) is 8.19. The van der Waals surface area contributed by atoms with Crippen molar-refractivity contribution in [3.05, 3.63) is 11.8 Å². The van der Waals surface area contributed by atoms with Crippen LogP contribution in [0.5, 0.6) is 0 Å². The smallest absolute Gasteiger partial charge is 0.332 e. The maximum absolute atomic E-state index is 11.1. The van der Waals surface area contributed by atoms with E-state index in [1.807, 2.05) is 0 Å². The minimum absolute atomic E-state index is 0.325. The summed E-state index contributed by atoms with van der Waals surface area (Å²) in [5.74, 6) is -0.325. The molecule has 0 aromatic carbocycles. The molecule has 0 rings (SSSR count). The lowest BCUT2D eigenvalue weighted by Gasteiger charge is -2.18. The molecule has 0 aromatic heterocycles. The van der Waals surface area contributed by atoms with Crippen molar-refractivity contribution in [3.8, 4) is 0 Å². The summed E-state index contributed by atoms with van der Waals surface area (Å²) in [5, 5.41) is 0. The predicted octanol–water partition coefficient (Wildman–Crippen LogP) is 1.66. The Morgan fingerprint density at radius 3 is 2.46 bits per heavy atom. The summed E-state index contributed by atoms with van der Waals surface area (Å²) >= 11 is 0. The Balaban J connectivity index is 3.90. The van der Waals surface area contributed by atoms with Gasteiger partial charge in [-0.05, 0) is 6.92 Å². The first-order valence-corrected chi connectivity index (χ1v) is 7.89. The Morgan fingerprint density at radius 1 is 1.54 bits per heavy atom. The molecule has 4 heteroatoms. The monoisotopic (exact) mass is 201 g/mol. The number of nitrogens with two attached hydrogens (primary N) is 1. The highest BCUT2D eigenvalue weighted by Gasteiger charge is 2.19. The lowest BCUT2D eigenvalue weighted by atomic mass is 10.4. The average molecular weight is 201 g/mol. The molecule has 0 aliphatic carbocycles. The van der Waals surface area contributed by atoms with Gasteiger partial charge in [0.1, 0.15) is 0 Å². The van der Waals surface area contributed by atoms with Gasteiger partial charge in [0.05, 0.1) is 14.3 Å². The largest absolute Gasteiger partial charge is 0.466 e. The van der Waals surface area contributed by atoms with Gasteiger partial charge >= 0.3 is 5.97 Å². The quantitative estimate of drug-likeness (QED) is 0.427. The summed E-state index contributed by atoms with van der Waals surface area (Å²) in [5.41, 5.74) is 5.82. The highest BCUT2D eigenvalue weighted by atomic mass is 28.3. The van der Waals surface area contributed by atoms with E-state index in [-0.39, 0.29) is 5.97 Å². The number of esters is 1. The van der Waals surface area contributed by atoms with Crippen LogP contribution in [0.25, 0.3) is 0 Å². The van der Waals surface area contributed by atoms with Crippen LogP contribution in [0, 0.1) is 0 Å². The topological polar surface area (TPSA) is 52.3 Å². The molecule has 0 unspecified atom stereocenters. The Kier molecular flexibility index (Phi) is 4.76. The van der Waals surface area contributed by atoms with Crippen LogP contribution in [0.15, 0.2) is 11.8 Å². The van der Waals surface area contributed by atoms with Crippen molar-refractivity contribution >= 4 is 14.0 Å². The van der Waals surface area contributed by atoms with Gasteiger partial charge in [0.2, 0.25) is 0 Å². The van der Waals surface area contributed by atoms with E-state index in [2.05, 4.69) is 20.0 Å². The third-order valence-corrected chi connectivity index (χ3v) is 4.75. The van der Waals surface area contributed by atoms with E-state index < -0.39 is 8.07 Å². The minimum atomic E-state index is -1.30. The molecule has 13 heavy (non-hydrogen) atoms. The predicted molar refractivity (Wildman–Crippen MR) is 56.9 cm³/mol. The van der Waals surface area contributed by atoms with E-state index in [4.69, 9.17) is 10.5 Å². The zero-order valence-electron chi connectivity index (χ0n) is 8.89. The highest BCUT2D eigenvalue weighted by Crippen LogP contribution is 2.08. The number of carbonyl (C=O) groups is 1. The molecular weight excluding hydrogens is 182 g/mol. The molecule has 0 aliphatic rings. The lowest BCUT2D eigenvalue weighted by Crippen LogP contribution is -2.32. The molecule has 3 nitrogen and oxygen atoms in total. The van der Waals surface area contributed by atoms with Crippen molar-refractivity contribution < 1.29 is 9.53 Å². The van der Waals surface area contributed by atoms with Crippen molar-refractivity contribution in [1.82, 2.24) is 0 Å². The maximum atomic E-state index is 11.1. The normalized spacial score (nSPS) is 12.8. The van der Waals surface area contributed by atoms with Gasteiger partial charge in [-0.15, -0.1) is 0 Å². The summed E-state index contributed by atoms with van der Waals surface area (Å²) in [6.07, 6.45) is 1.90. The maximum Gasteiger partial charge on any atom is 0.332 e. The van der Waals surface area contributed by atoms with E-state index in [0.717, 1.165) is 6.04 Å². The molecule has 0 fully saturated rings. The van der Waals surface area contributed by atoms with Crippen LogP contribution in [0.2, 0.25) is 19.1 Å². The van der Waals surface area contributed by atoms with Crippen molar-refractivity contribution in [1.29, 1.82) is 0 Å². The third-order valence-electron chi connectivity index (χ3n) is 1.91. The molecular formula is C9H19NO2Si.